The average Bonchev–Trinajstić information content (AvgIpc) is 2.87. The molecule has 1 aromatic heterocycles. The zero-order chi connectivity index (χ0) is 15.9. The average molecular weight is 319 g/mol. The third-order valence-electron chi connectivity index (χ3n) is 2.75. The fourth-order valence-corrected chi connectivity index (χ4v) is 2.76. The quantitative estimate of drug-likeness (QED) is 0.830. The van der Waals surface area contributed by atoms with Crippen molar-refractivity contribution in [1.29, 1.82) is 0 Å². The number of amides is 1. The number of thiophene rings is 1. The Morgan fingerprint density at radius 2 is 1.95 bits per heavy atom. The largest absolute Gasteiger partial charge is 0.484 e. The first-order valence-electron chi connectivity index (χ1n) is 6.85. The van der Waals surface area contributed by atoms with Crippen LogP contribution in [0.1, 0.15) is 22.2 Å². The number of hydrogen-bond donors (Lipinski definition) is 1. The Balaban J connectivity index is 1.92. The highest BCUT2D eigenvalue weighted by Crippen LogP contribution is 2.27. The van der Waals surface area contributed by atoms with E-state index < -0.39 is 0 Å². The van der Waals surface area contributed by atoms with Crippen molar-refractivity contribution in [3.8, 4) is 5.75 Å². The molecule has 2 rings (SSSR count). The molecule has 0 saturated carbocycles. The molecular formula is C16H17NO4S. The van der Waals surface area contributed by atoms with Crippen molar-refractivity contribution in [2.45, 2.75) is 13.8 Å². The first-order chi connectivity index (χ1) is 10.6. The van der Waals surface area contributed by atoms with Gasteiger partial charge in [0.25, 0.3) is 5.91 Å². The first kappa shape index (κ1) is 16.0. The molecule has 0 spiro atoms. The summed E-state index contributed by atoms with van der Waals surface area (Å²) in [6.07, 6.45) is 0. The van der Waals surface area contributed by atoms with E-state index >= 15 is 0 Å². The zero-order valence-electron chi connectivity index (χ0n) is 12.4. The van der Waals surface area contributed by atoms with Gasteiger partial charge in [-0.3, -0.25) is 4.79 Å². The van der Waals surface area contributed by atoms with Crippen LogP contribution in [0.5, 0.6) is 5.75 Å². The van der Waals surface area contributed by atoms with Crippen molar-refractivity contribution in [3.05, 3.63) is 46.8 Å². The van der Waals surface area contributed by atoms with E-state index in [4.69, 9.17) is 9.47 Å². The topological polar surface area (TPSA) is 64.6 Å². The Hall–Kier alpha value is -2.34. The number of carbonyl (C=O) groups excluding carboxylic acids is 2. The Morgan fingerprint density at radius 1 is 1.23 bits per heavy atom. The predicted octanol–water partition coefficient (Wildman–Crippen LogP) is 3.25. The van der Waals surface area contributed by atoms with Crippen LogP contribution in [0, 0.1) is 6.92 Å². The minimum Gasteiger partial charge on any atom is -0.484 e. The molecule has 0 fully saturated rings. The van der Waals surface area contributed by atoms with Gasteiger partial charge in [-0.2, -0.15) is 0 Å². The minimum atomic E-state index is -0.369. The van der Waals surface area contributed by atoms with Crippen LogP contribution in [0.2, 0.25) is 0 Å². The molecule has 0 bridgehead atoms. The number of benzene rings is 1. The van der Waals surface area contributed by atoms with E-state index in [0.29, 0.717) is 22.2 Å². The molecule has 6 heteroatoms. The second-order valence-electron chi connectivity index (χ2n) is 4.49. The van der Waals surface area contributed by atoms with Gasteiger partial charge in [0.1, 0.15) is 10.6 Å². The van der Waals surface area contributed by atoms with Crippen molar-refractivity contribution < 1.29 is 19.1 Å². The second kappa shape index (κ2) is 7.61. The van der Waals surface area contributed by atoms with Crippen LogP contribution in [0.25, 0.3) is 0 Å². The smallest absolute Gasteiger partial charge is 0.348 e. The molecule has 0 saturated heterocycles. The summed E-state index contributed by atoms with van der Waals surface area (Å²) in [5, 5.41) is 3.32. The number of anilines is 1. The van der Waals surface area contributed by atoms with Gasteiger partial charge in [-0.25, -0.2) is 4.79 Å². The summed E-state index contributed by atoms with van der Waals surface area (Å²) in [6, 6.07) is 10.8. The molecule has 2 aromatic rings. The van der Waals surface area contributed by atoms with Gasteiger partial charge in [0.15, 0.2) is 6.61 Å². The third-order valence-corrected chi connectivity index (χ3v) is 3.89. The summed E-state index contributed by atoms with van der Waals surface area (Å²) in [5.74, 6) is -0.0150. The van der Waals surface area contributed by atoms with E-state index in [1.165, 1.54) is 11.3 Å². The Bertz CT molecular complexity index is 651. The maximum absolute atomic E-state index is 11.9. The molecule has 116 valence electrons. The molecule has 5 nitrogen and oxygen atoms in total. The van der Waals surface area contributed by atoms with E-state index in [2.05, 4.69) is 5.32 Å². The Morgan fingerprint density at radius 3 is 2.64 bits per heavy atom. The zero-order valence-corrected chi connectivity index (χ0v) is 13.2. The Labute approximate surface area is 132 Å². The van der Waals surface area contributed by atoms with Gasteiger partial charge in [-0.05, 0) is 37.6 Å². The highest BCUT2D eigenvalue weighted by atomic mass is 32.1. The number of aryl methyl sites for hydroxylation is 1. The molecule has 0 atom stereocenters. The van der Waals surface area contributed by atoms with Gasteiger partial charge < -0.3 is 14.8 Å². The maximum atomic E-state index is 11.9. The fraction of sp³-hybridized carbons (Fsp3) is 0.250. The van der Waals surface area contributed by atoms with Gasteiger partial charge in [-0.1, -0.05) is 18.2 Å². The number of ether oxygens (including phenoxy) is 2. The molecule has 22 heavy (non-hydrogen) atoms. The summed E-state index contributed by atoms with van der Waals surface area (Å²) in [4.78, 5) is 24.1. The molecule has 1 heterocycles. The van der Waals surface area contributed by atoms with Crippen LogP contribution in [0.4, 0.5) is 5.00 Å². The lowest BCUT2D eigenvalue weighted by atomic mass is 10.3. The van der Waals surface area contributed by atoms with Crippen molar-refractivity contribution in [2.75, 3.05) is 18.5 Å². The summed E-state index contributed by atoms with van der Waals surface area (Å²) in [5.41, 5.74) is 0.780. The molecule has 1 amide bonds. The number of esters is 1. The van der Waals surface area contributed by atoms with Crippen LogP contribution in [-0.2, 0) is 9.53 Å². The van der Waals surface area contributed by atoms with Crippen LogP contribution >= 0.6 is 11.3 Å². The molecule has 1 aromatic carbocycles. The summed E-state index contributed by atoms with van der Waals surface area (Å²) in [7, 11) is 0. The monoisotopic (exact) mass is 319 g/mol. The summed E-state index contributed by atoms with van der Waals surface area (Å²) >= 11 is 1.20. The minimum absolute atomic E-state index is 0.0876. The standard InChI is InChI=1S/C16H17NO4S/c1-3-20-16(19)15-11(2)9-14(22-15)17-13(18)10-21-12-7-5-4-6-8-12/h4-9H,3,10H2,1-2H3,(H,17,18). The molecule has 0 aliphatic heterocycles. The number of para-hydroxylation sites is 1. The van der Waals surface area contributed by atoms with Gasteiger partial charge in [0, 0.05) is 0 Å². The van der Waals surface area contributed by atoms with E-state index in [-0.39, 0.29) is 18.5 Å². The molecule has 0 unspecified atom stereocenters. The second-order valence-corrected chi connectivity index (χ2v) is 5.55. The third kappa shape index (κ3) is 4.33. The van der Waals surface area contributed by atoms with Crippen molar-refractivity contribution in [2.24, 2.45) is 0 Å². The van der Waals surface area contributed by atoms with E-state index in [0.717, 1.165) is 5.56 Å². The molecule has 0 aliphatic rings. The first-order valence-corrected chi connectivity index (χ1v) is 7.67. The molecule has 0 aliphatic carbocycles. The van der Waals surface area contributed by atoms with Gasteiger partial charge in [0.05, 0.1) is 11.6 Å². The van der Waals surface area contributed by atoms with Gasteiger partial charge >= 0.3 is 5.97 Å². The highest BCUT2D eigenvalue weighted by molar-refractivity contribution is 7.18. The fourth-order valence-electron chi connectivity index (χ4n) is 1.78. The Kier molecular flexibility index (Phi) is 5.55. The van der Waals surface area contributed by atoms with Crippen molar-refractivity contribution in [3.63, 3.8) is 0 Å². The van der Waals surface area contributed by atoms with E-state index in [9.17, 15) is 9.59 Å². The lowest BCUT2D eigenvalue weighted by Crippen LogP contribution is -2.19. The van der Waals surface area contributed by atoms with E-state index in [1.807, 2.05) is 18.2 Å². The lowest BCUT2D eigenvalue weighted by molar-refractivity contribution is -0.118. The summed E-state index contributed by atoms with van der Waals surface area (Å²) < 4.78 is 10.3. The highest BCUT2D eigenvalue weighted by Gasteiger charge is 2.15. The van der Waals surface area contributed by atoms with Crippen LogP contribution in [0.15, 0.2) is 36.4 Å². The lowest BCUT2D eigenvalue weighted by Gasteiger charge is -2.05. The number of nitrogens with one attached hydrogen (secondary N) is 1. The van der Waals surface area contributed by atoms with Crippen LogP contribution < -0.4 is 10.1 Å². The number of carbonyl (C=O) groups is 2. The van der Waals surface area contributed by atoms with Gasteiger partial charge in [0.2, 0.25) is 0 Å². The predicted molar refractivity (Wildman–Crippen MR) is 85.6 cm³/mol. The number of rotatable bonds is 6. The van der Waals surface area contributed by atoms with Gasteiger partial charge in [-0.15, -0.1) is 11.3 Å². The molecule has 0 radical (unpaired) electrons. The van der Waals surface area contributed by atoms with Crippen LogP contribution in [0.3, 0.4) is 0 Å². The molecular weight excluding hydrogens is 302 g/mol. The normalized spacial score (nSPS) is 10.1. The molecule has 1 N–H and O–H groups in total. The SMILES string of the molecule is CCOC(=O)c1sc(NC(=O)COc2ccccc2)cc1C. The summed E-state index contributed by atoms with van der Waals surface area (Å²) in [6.45, 7) is 3.79. The van der Waals surface area contributed by atoms with Crippen molar-refractivity contribution in [1.82, 2.24) is 0 Å². The maximum Gasteiger partial charge on any atom is 0.348 e. The van der Waals surface area contributed by atoms with E-state index in [1.54, 1.807) is 32.0 Å². The van der Waals surface area contributed by atoms with Crippen LogP contribution in [-0.4, -0.2) is 25.1 Å². The number of hydrogen-bond acceptors (Lipinski definition) is 5. The van der Waals surface area contributed by atoms with Crippen molar-refractivity contribution >= 4 is 28.2 Å².